The zero-order valence-electron chi connectivity index (χ0n) is 12.7. The van der Waals surface area contributed by atoms with E-state index in [4.69, 9.17) is 9.15 Å². The van der Waals surface area contributed by atoms with Gasteiger partial charge in [0.2, 0.25) is 11.8 Å². The zero-order valence-corrected chi connectivity index (χ0v) is 12.7. The van der Waals surface area contributed by atoms with Crippen molar-refractivity contribution in [2.45, 2.75) is 57.7 Å². The van der Waals surface area contributed by atoms with Crippen LogP contribution in [0.1, 0.15) is 44.4 Å². The van der Waals surface area contributed by atoms with Gasteiger partial charge in [0.1, 0.15) is 0 Å². The maximum atomic E-state index is 10.3. The maximum Gasteiger partial charge on any atom is 0.230 e. The molecule has 3 rings (SSSR count). The summed E-state index contributed by atoms with van der Waals surface area (Å²) in [5.41, 5.74) is 0. The molecule has 1 saturated heterocycles. The Morgan fingerprint density at radius 3 is 2.81 bits per heavy atom. The molecule has 3 atom stereocenters. The summed E-state index contributed by atoms with van der Waals surface area (Å²) in [5, 5.41) is 18.5. The number of ether oxygens (including phenoxy) is 1. The average molecular weight is 295 g/mol. The number of aliphatic hydroxyl groups excluding tert-OH is 1. The van der Waals surface area contributed by atoms with Gasteiger partial charge in [-0.1, -0.05) is 19.8 Å². The predicted octanol–water partition coefficient (Wildman–Crippen LogP) is 1.38. The molecule has 118 valence electrons. The van der Waals surface area contributed by atoms with Crippen molar-refractivity contribution in [1.82, 2.24) is 15.1 Å². The third kappa shape index (κ3) is 3.44. The van der Waals surface area contributed by atoms with Gasteiger partial charge in [-0.15, -0.1) is 10.2 Å². The number of aromatic nitrogens is 2. The molecular formula is C15H25N3O3. The van der Waals surface area contributed by atoms with E-state index in [1.165, 1.54) is 6.42 Å². The van der Waals surface area contributed by atoms with Crippen molar-refractivity contribution >= 4 is 0 Å². The SMILES string of the molecule is CCc1nnc(CN2CCOCC2C2CCCCC2O)o1. The van der Waals surface area contributed by atoms with E-state index in [0.29, 0.717) is 30.9 Å². The van der Waals surface area contributed by atoms with E-state index >= 15 is 0 Å². The molecule has 0 bridgehead atoms. The first-order valence-electron chi connectivity index (χ1n) is 8.09. The van der Waals surface area contributed by atoms with Crippen molar-refractivity contribution in [3.05, 3.63) is 11.8 Å². The van der Waals surface area contributed by atoms with E-state index in [0.717, 1.165) is 38.8 Å². The summed E-state index contributed by atoms with van der Waals surface area (Å²) in [6, 6.07) is 0.256. The molecule has 1 aliphatic heterocycles. The topological polar surface area (TPSA) is 71.6 Å². The summed E-state index contributed by atoms with van der Waals surface area (Å²) in [4.78, 5) is 2.34. The van der Waals surface area contributed by atoms with E-state index in [1.807, 2.05) is 6.92 Å². The average Bonchev–Trinajstić information content (AvgIpc) is 2.96. The van der Waals surface area contributed by atoms with E-state index in [9.17, 15) is 5.11 Å². The van der Waals surface area contributed by atoms with Crippen molar-refractivity contribution in [2.75, 3.05) is 19.8 Å². The molecule has 2 aliphatic rings. The van der Waals surface area contributed by atoms with Crippen molar-refractivity contribution in [1.29, 1.82) is 0 Å². The molecule has 0 aromatic carbocycles. The summed E-state index contributed by atoms with van der Waals surface area (Å²) in [6.07, 6.45) is 4.88. The summed E-state index contributed by atoms with van der Waals surface area (Å²) < 4.78 is 11.3. The van der Waals surface area contributed by atoms with Gasteiger partial charge in [-0.25, -0.2) is 0 Å². The van der Waals surface area contributed by atoms with Crippen LogP contribution in [0.4, 0.5) is 0 Å². The molecule has 1 saturated carbocycles. The number of morpholine rings is 1. The maximum absolute atomic E-state index is 10.3. The van der Waals surface area contributed by atoms with Crippen LogP contribution in [0.2, 0.25) is 0 Å². The molecule has 6 nitrogen and oxygen atoms in total. The van der Waals surface area contributed by atoms with Crippen molar-refractivity contribution < 1.29 is 14.3 Å². The molecule has 21 heavy (non-hydrogen) atoms. The molecule has 6 heteroatoms. The minimum atomic E-state index is -0.207. The molecular weight excluding hydrogens is 270 g/mol. The highest BCUT2D eigenvalue weighted by atomic mass is 16.5. The highest BCUT2D eigenvalue weighted by molar-refractivity contribution is 4.91. The second-order valence-electron chi connectivity index (χ2n) is 6.07. The van der Waals surface area contributed by atoms with Crippen LogP contribution in [0.3, 0.4) is 0 Å². The van der Waals surface area contributed by atoms with Gasteiger partial charge in [0.25, 0.3) is 0 Å². The molecule has 2 fully saturated rings. The van der Waals surface area contributed by atoms with Crippen LogP contribution in [-0.4, -0.2) is 52.1 Å². The molecule has 3 unspecified atom stereocenters. The highest BCUT2D eigenvalue weighted by Gasteiger charge is 2.36. The molecule has 0 amide bonds. The summed E-state index contributed by atoms with van der Waals surface area (Å²) in [5.74, 6) is 1.66. The lowest BCUT2D eigenvalue weighted by atomic mass is 9.80. The Kier molecular flexibility index (Phi) is 4.87. The summed E-state index contributed by atoms with van der Waals surface area (Å²) in [6.45, 7) is 4.94. The van der Waals surface area contributed by atoms with Crippen molar-refractivity contribution in [3.63, 3.8) is 0 Å². The second-order valence-corrected chi connectivity index (χ2v) is 6.07. The molecule has 1 aromatic heterocycles. The monoisotopic (exact) mass is 295 g/mol. The fourth-order valence-corrected chi connectivity index (χ4v) is 3.51. The fourth-order valence-electron chi connectivity index (χ4n) is 3.51. The number of aryl methyl sites for hydroxylation is 1. The molecule has 0 radical (unpaired) electrons. The van der Waals surface area contributed by atoms with Gasteiger partial charge < -0.3 is 14.3 Å². The Bertz CT molecular complexity index is 451. The lowest BCUT2D eigenvalue weighted by Gasteiger charge is -2.42. The molecule has 1 aromatic rings. The van der Waals surface area contributed by atoms with Gasteiger partial charge >= 0.3 is 0 Å². The Labute approximate surface area is 125 Å². The first-order chi connectivity index (χ1) is 10.3. The normalized spacial score (nSPS) is 31.4. The Balaban J connectivity index is 1.68. The van der Waals surface area contributed by atoms with Crippen LogP contribution in [0.15, 0.2) is 4.42 Å². The van der Waals surface area contributed by atoms with E-state index in [1.54, 1.807) is 0 Å². The Morgan fingerprint density at radius 1 is 1.24 bits per heavy atom. The Morgan fingerprint density at radius 2 is 2.05 bits per heavy atom. The number of hydrogen-bond acceptors (Lipinski definition) is 6. The van der Waals surface area contributed by atoms with Crippen LogP contribution in [0.25, 0.3) is 0 Å². The zero-order chi connectivity index (χ0) is 14.7. The smallest absolute Gasteiger partial charge is 0.230 e. The van der Waals surface area contributed by atoms with E-state index < -0.39 is 0 Å². The van der Waals surface area contributed by atoms with Crippen LogP contribution < -0.4 is 0 Å². The first kappa shape index (κ1) is 14.9. The van der Waals surface area contributed by atoms with Crippen LogP contribution in [0.5, 0.6) is 0 Å². The minimum absolute atomic E-state index is 0.207. The largest absolute Gasteiger partial charge is 0.424 e. The number of hydrogen-bond donors (Lipinski definition) is 1. The third-order valence-electron chi connectivity index (χ3n) is 4.71. The van der Waals surface area contributed by atoms with E-state index in [2.05, 4.69) is 15.1 Å². The van der Waals surface area contributed by atoms with Crippen molar-refractivity contribution in [3.8, 4) is 0 Å². The lowest BCUT2D eigenvalue weighted by molar-refractivity contribution is -0.0737. The third-order valence-corrected chi connectivity index (χ3v) is 4.71. The van der Waals surface area contributed by atoms with Gasteiger partial charge in [0.15, 0.2) is 0 Å². The van der Waals surface area contributed by atoms with Gasteiger partial charge in [0.05, 0.1) is 25.9 Å². The van der Waals surface area contributed by atoms with Gasteiger partial charge in [0, 0.05) is 24.9 Å². The molecule has 2 heterocycles. The second kappa shape index (κ2) is 6.85. The van der Waals surface area contributed by atoms with Crippen LogP contribution >= 0.6 is 0 Å². The van der Waals surface area contributed by atoms with Crippen LogP contribution in [0, 0.1) is 5.92 Å². The molecule has 1 aliphatic carbocycles. The van der Waals surface area contributed by atoms with Gasteiger partial charge in [-0.05, 0) is 12.8 Å². The van der Waals surface area contributed by atoms with E-state index in [-0.39, 0.29) is 12.1 Å². The lowest BCUT2D eigenvalue weighted by Crippen LogP contribution is -2.52. The van der Waals surface area contributed by atoms with Crippen molar-refractivity contribution in [2.24, 2.45) is 5.92 Å². The number of aliphatic hydroxyl groups is 1. The fraction of sp³-hybridized carbons (Fsp3) is 0.867. The first-order valence-corrected chi connectivity index (χ1v) is 8.09. The summed E-state index contributed by atoms with van der Waals surface area (Å²) in [7, 11) is 0. The van der Waals surface area contributed by atoms with Gasteiger partial charge in [-0.3, -0.25) is 4.90 Å². The number of nitrogens with zero attached hydrogens (tertiary/aromatic N) is 3. The highest BCUT2D eigenvalue weighted by Crippen LogP contribution is 2.31. The van der Waals surface area contributed by atoms with Crippen LogP contribution in [-0.2, 0) is 17.7 Å². The summed E-state index contributed by atoms with van der Waals surface area (Å²) >= 11 is 0. The number of rotatable bonds is 4. The molecule has 1 N–H and O–H groups in total. The molecule has 0 spiro atoms. The quantitative estimate of drug-likeness (QED) is 0.905. The Hall–Kier alpha value is -0.980. The van der Waals surface area contributed by atoms with Gasteiger partial charge in [-0.2, -0.15) is 0 Å². The standard InChI is InChI=1S/C15H25N3O3/c1-2-14-16-17-15(21-14)9-18-7-8-20-10-12(18)11-5-3-4-6-13(11)19/h11-13,19H,2-10H2,1H3. The minimum Gasteiger partial charge on any atom is -0.424 e. The predicted molar refractivity (Wildman–Crippen MR) is 76.7 cm³/mol.